The van der Waals surface area contributed by atoms with E-state index in [9.17, 15) is 0 Å². The molecule has 0 amide bonds. The van der Waals surface area contributed by atoms with Crippen molar-refractivity contribution in [2.24, 2.45) is 0 Å². The van der Waals surface area contributed by atoms with Crippen LogP contribution in [0.3, 0.4) is 0 Å². The van der Waals surface area contributed by atoms with Gasteiger partial charge in [0.2, 0.25) is 0 Å². The molecule has 1 N–H and O–H groups in total. The molecule has 3 heteroatoms. The third kappa shape index (κ3) is 5.50. The summed E-state index contributed by atoms with van der Waals surface area (Å²) in [7, 11) is 0. The average Bonchev–Trinajstić information content (AvgIpc) is 2.72. The lowest BCUT2D eigenvalue weighted by Gasteiger charge is -2.19. The first-order valence-electron chi connectivity index (χ1n) is 9.42. The van der Waals surface area contributed by atoms with Gasteiger partial charge in [-0.3, -0.25) is 9.97 Å². The molecule has 2 heterocycles. The highest BCUT2D eigenvalue weighted by molar-refractivity contribution is 5.22. The van der Waals surface area contributed by atoms with Gasteiger partial charge in [0.25, 0.3) is 0 Å². The maximum Gasteiger partial charge on any atom is 0.0494 e. The van der Waals surface area contributed by atoms with Gasteiger partial charge in [-0.1, -0.05) is 42.5 Å². The molecular formula is C23H27N3. The fraction of sp³-hybridized carbons (Fsp3) is 0.304. The molecule has 0 radical (unpaired) electrons. The second kappa shape index (κ2) is 9.83. The summed E-state index contributed by atoms with van der Waals surface area (Å²) in [6.45, 7) is 3.22. The van der Waals surface area contributed by atoms with Crippen molar-refractivity contribution in [3.05, 3.63) is 96.1 Å². The Bertz CT molecular complexity index is 705. The molecule has 0 saturated carbocycles. The van der Waals surface area contributed by atoms with Gasteiger partial charge in [0.05, 0.1) is 0 Å². The van der Waals surface area contributed by atoms with Crippen LogP contribution in [0.15, 0.2) is 79.1 Å². The van der Waals surface area contributed by atoms with E-state index in [2.05, 4.69) is 64.7 Å². The lowest BCUT2D eigenvalue weighted by molar-refractivity contribution is 0.492. The van der Waals surface area contributed by atoms with E-state index in [4.69, 9.17) is 0 Å². The molecule has 1 atom stereocenters. The van der Waals surface area contributed by atoms with Gasteiger partial charge >= 0.3 is 0 Å². The lowest BCUT2D eigenvalue weighted by Crippen LogP contribution is -2.28. The number of hydrogen-bond acceptors (Lipinski definition) is 3. The van der Waals surface area contributed by atoms with Crippen LogP contribution in [0.1, 0.15) is 42.6 Å². The lowest BCUT2D eigenvalue weighted by atomic mass is 9.96. The molecule has 3 rings (SSSR count). The Kier molecular flexibility index (Phi) is 6.91. The van der Waals surface area contributed by atoms with Crippen LogP contribution in [0.5, 0.6) is 0 Å². The van der Waals surface area contributed by atoms with Gasteiger partial charge in [-0.15, -0.1) is 0 Å². The Morgan fingerprint density at radius 2 is 1.38 bits per heavy atom. The second-order valence-corrected chi connectivity index (χ2v) is 6.73. The Morgan fingerprint density at radius 1 is 0.769 bits per heavy atom. The van der Waals surface area contributed by atoms with E-state index in [1.807, 2.05) is 36.7 Å². The van der Waals surface area contributed by atoms with E-state index in [1.165, 1.54) is 5.56 Å². The largest absolute Gasteiger partial charge is 0.314 e. The van der Waals surface area contributed by atoms with Crippen LogP contribution in [0.2, 0.25) is 0 Å². The number of hydrogen-bond donors (Lipinski definition) is 1. The van der Waals surface area contributed by atoms with Crippen molar-refractivity contribution in [2.75, 3.05) is 6.54 Å². The third-order valence-corrected chi connectivity index (χ3v) is 4.72. The van der Waals surface area contributed by atoms with Crippen LogP contribution in [0.4, 0.5) is 0 Å². The number of aryl methyl sites for hydroxylation is 1. The summed E-state index contributed by atoms with van der Waals surface area (Å²) in [5.74, 6) is 0.228. The highest BCUT2D eigenvalue weighted by Gasteiger charge is 2.16. The molecular weight excluding hydrogens is 318 g/mol. The fourth-order valence-corrected chi connectivity index (χ4v) is 3.22. The standard InChI is InChI=1S/C23H27N3/c1-19(13-14-20-9-3-2-4-10-20)24-18-15-21(22-11-5-7-16-25-22)23-12-6-8-17-26-23/h2-12,16-17,19,21,24H,13-15,18H2,1H3. The van der Waals surface area contributed by atoms with Crippen LogP contribution in [0, 0.1) is 0 Å². The van der Waals surface area contributed by atoms with Gasteiger partial charge in [0.1, 0.15) is 0 Å². The number of aromatic nitrogens is 2. The van der Waals surface area contributed by atoms with E-state index < -0.39 is 0 Å². The third-order valence-electron chi connectivity index (χ3n) is 4.72. The minimum absolute atomic E-state index is 0.228. The minimum atomic E-state index is 0.228. The van der Waals surface area contributed by atoms with Crippen LogP contribution in [0.25, 0.3) is 0 Å². The van der Waals surface area contributed by atoms with Crippen molar-refractivity contribution < 1.29 is 0 Å². The predicted molar refractivity (Wildman–Crippen MR) is 107 cm³/mol. The van der Waals surface area contributed by atoms with Crippen LogP contribution in [-0.2, 0) is 6.42 Å². The zero-order valence-corrected chi connectivity index (χ0v) is 15.4. The minimum Gasteiger partial charge on any atom is -0.314 e. The van der Waals surface area contributed by atoms with Gasteiger partial charge in [0.15, 0.2) is 0 Å². The first-order chi connectivity index (χ1) is 12.8. The van der Waals surface area contributed by atoms with Crippen LogP contribution in [-0.4, -0.2) is 22.6 Å². The van der Waals surface area contributed by atoms with Crippen LogP contribution < -0.4 is 5.32 Å². The van der Waals surface area contributed by atoms with Gasteiger partial charge < -0.3 is 5.32 Å². The Balaban J connectivity index is 1.53. The molecule has 134 valence electrons. The van der Waals surface area contributed by atoms with Gasteiger partial charge in [-0.05, 0) is 62.6 Å². The quantitative estimate of drug-likeness (QED) is 0.615. The van der Waals surface area contributed by atoms with Crippen molar-refractivity contribution in [3.63, 3.8) is 0 Å². The zero-order valence-electron chi connectivity index (χ0n) is 15.4. The second-order valence-electron chi connectivity index (χ2n) is 6.73. The molecule has 3 aromatic rings. The number of rotatable bonds is 9. The van der Waals surface area contributed by atoms with E-state index in [0.29, 0.717) is 6.04 Å². The summed E-state index contributed by atoms with van der Waals surface area (Å²) in [6, 6.07) is 23.4. The molecule has 2 aromatic heterocycles. The van der Waals surface area contributed by atoms with E-state index in [-0.39, 0.29) is 5.92 Å². The highest BCUT2D eigenvalue weighted by Crippen LogP contribution is 2.24. The average molecular weight is 345 g/mol. The first-order valence-corrected chi connectivity index (χ1v) is 9.42. The molecule has 1 aromatic carbocycles. The number of nitrogens with zero attached hydrogens (tertiary/aromatic N) is 2. The number of pyridine rings is 2. The summed E-state index contributed by atoms with van der Waals surface area (Å²) in [5, 5.41) is 3.67. The van der Waals surface area contributed by atoms with Crippen molar-refractivity contribution in [2.45, 2.75) is 38.1 Å². The van der Waals surface area contributed by atoms with Crippen molar-refractivity contribution in [1.82, 2.24) is 15.3 Å². The monoisotopic (exact) mass is 345 g/mol. The molecule has 0 aliphatic rings. The van der Waals surface area contributed by atoms with E-state index in [0.717, 1.165) is 37.2 Å². The molecule has 0 spiro atoms. The van der Waals surface area contributed by atoms with Crippen LogP contribution >= 0.6 is 0 Å². The summed E-state index contributed by atoms with van der Waals surface area (Å²) < 4.78 is 0. The topological polar surface area (TPSA) is 37.8 Å². The van der Waals surface area contributed by atoms with Crippen molar-refractivity contribution >= 4 is 0 Å². The molecule has 0 aliphatic heterocycles. The first kappa shape index (κ1) is 18.3. The van der Waals surface area contributed by atoms with Gasteiger partial charge in [-0.2, -0.15) is 0 Å². The normalized spacial score (nSPS) is 12.2. The molecule has 3 nitrogen and oxygen atoms in total. The fourth-order valence-electron chi connectivity index (χ4n) is 3.22. The van der Waals surface area contributed by atoms with Gasteiger partial charge in [-0.25, -0.2) is 0 Å². The molecule has 26 heavy (non-hydrogen) atoms. The SMILES string of the molecule is CC(CCc1ccccc1)NCCC(c1ccccn1)c1ccccn1. The summed E-state index contributed by atoms with van der Waals surface area (Å²) in [4.78, 5) is 9.12. The molecule has 0 bridgehead atoms. The maximum absolute atomic E-state index is 4.56. The smallest absolute Gasteiger partial charge is 0.0494 e. The molecule has 0 saturated heterocycles. The summed E-state index contributed by atoms with van der Waals surface area (Å²) in [6.07, 6.45) is 6.97. The number of nitrogens with one attached hydrogen (secondary N) is 1. The van der Waals surface area contributed by atoms with Crippen molar-refractivity contribution in [1.29, 1.82) is 0 Å². The Labute approximate surface area is 156 Å². The zero-order chi connectivity index (χ0) is 18.0. The summed E-state index contributed by atoms with van der Waals surface area (Å²) >= 11 is 0. The van der Waals surface area contributed by atoms with E-state index in [1.54, 1.807) is 0 Å². The van der Waals surface area contributed by atoms with E-state index >= 15 is 0 Å². The Hall–Kier alpha value is -2.52. The summed E-state index contributed by atoms with van der Waals surface area (Å²) in [5.41, 5.74) is 3.58. The highest BCUT2D eigenvalue weighted by atomic mass is 14.9. The van der Waals surface area contributed by atoms with Crippen molar-refractivity contribution in [3.8, 4) is 0 Å². The van der Waals surface area contributed by atoms with Gasteiger partial charge in [0, 0.05) is 35.7 Å². The molecule has 1 unspecified atom stereocenters. The maximum atomic E-state index is 4.56. The Morgan fingerprint density at radius 3 is 1.96 bits per heavy atom. The molecule has 0 fully saturated rings. The predicted octanol–water partition coefficient (Wildman–Crippen LogP) is 4.61. The number of benzene rings is 1. The molecule has 0 aliphatic carbocycles.